The highest BCUT2D eigenvalue weighted by molar-refractivity contribution is 8.00. The minimum Gasteiger partial charge on any atom is -0.220 e. The Balaban J connectivity index is 4.40. The minimum atomic E-state index is -4.31. The lowest BCUT2D eigenvalue weighted by molar-refractivity contribution is -0.331. The van der Waals surface area contributed by atoms with Crippen LogP contribution in [0.3, 0.4) is 0 Å². The van der Waals surface area contributed by atoms with Crippen molar-refractivity contribution >= 4 is 43.1 Å². The van der Waals surface area contributed by atoms with Crippen LogP contribution in [0.5, 0.6) is 0 Å². The fourth-order valence-electron chi connectivity index (χ4n) is 8.10. The number of hydrogen-bond acceptors (Lipinski definition) is 10. The number of unbranched alkanes of at least 4 members (excludes halogenated alkanes) is 39. The Morgan fingerprint density at radius 3 is 0.600 bits per heavy atom. The van der Waals surface area contributed by atoms with Crippen LogP contribution in [0.15, 0.2) is 0 Å². The fourth-order valence-corrected chi connectivity index (χ4v) is 11.4. The van der Waals surface area contributed by atoms with E-state index >= 15 is 0 Å². The quantitative estimate of drug-likeness (QED) is 0.0193. The lowest BCUT2D eigenvalue weighted by atomic mass is 10.0. The molecule has 0 amide bonds. The number of thioether (sulfide) groups is 3. The standard InChI is InChI=1S/C54H111O7PS3/c1-7-10-13-16-19-22-25-28-31-34-37-40-43-46-49-63-52(4)56-59-62(55,60-57-53(5)64-50-47-44-41-38-35-32-29-26-23-20-17-14-11-8-2)61-58-54(6)65-51-48-45-42-39-36-33-30-27-24-21-18-15-12-9-3/h52-54H,7-51H2,1-6H3. The normalized spacial score (nSPS) is 14.2. The first-order chi connectivity index (χ1) is 31.9. The van der Waals surface area contributed by atoms with Crippen LogP contribution in [-0.2, 0) is 33.3 Å². The summed E-state index contributed by atoms with van der Waals surface area (Å²) < 4.78 is 29.7. The van der Waals surface area contributed by atoms with E-state index in [9.17, 15) is 4.57 Å². The maximum Gasteiger partial charge on any atom is 0.556 e. The first kappa shape index (κ1) is 66.0. The van der Waals surface area contributed by atoms with Gasteiger partial charge in [-0.25, -0.2) is 19.2 Å². The monoisotopic (exact) mass is 999 g/mol. The third-order valence-corrected chi connectivity index (χ3v) is 16.4. The van der Waals surface area contributed by atoms with E-state index in [1.165, 1.54) is 250 Å². The van der Waals surface area contributed by atoms with Crippen LogP contribution >= 0.6 is 43.1 Å². The second-order valence-corrected chi connectivity index (χ2v) is 24.6. The second kappa shape index (κ2) is 54.4. The molecule has 0 heterocycles. The highest BCUT2D eigenvalue weighted by atomic mass is 32.2. The van der Waals surface area contributed by atoms with Crippen LogP contribution in [0.1, 0.15) is 311 Å². The van der Waals surface area contributed by atoms with Crippen molar-refractivity contribution in [2.45, 2.75) is 328 Å². The van der Waals surface area contributed by atoms with Gasteiger partial charge in [0.25, 0.3) is 0 Å². The van der Waals surface area contributed by atoms with Gasteiger partial charge in [0.2, 0.25) is 0 Å². The van der Waals surface area contributed by atoms with E-state index in [0.29, 0.717) is 0 Å². The fraction of sp³-hybridized carbons (Fsp3) is 1.00. The molecule has 7 nitrogen and oxygen atoms in total. The summed E-state index contributed by atoms with van der Waals surface area (Å²) in [6.07, 6.45) is 56.5. The molecule has 0 saturated carbocycles. The molecular weight excluding hydrogens is 888 g/mol. The molecule has 0 aromatic heterocycles. The predicted octanol–water partition coefficient (Wildman–Crippen LogP) is 21.6. The lowest BCUT2D eigenvalue weighted by Gasteiger charge is -2.20. The van der Waals surface area contributed by atoms with E-state index in [-0.39, 0.29) is 16.3 Å². The molecule has 65 heavy (non-hydrogen) atoms. The highest BCUT2D eigenvalue weighted by Crippen LogP contribution is 2.52. The van der Waals surface area contributed by atoms with Gasteiger partial charge in [-0.05, 0) is 57.3 Å². The van der Waals surface area contributed by atoms with Crippen LogP contribution < -0.4 is 0 Å². The first-order valence-corrected chi connectivity index (χ1v) is 33.0. The molecule has 3 unspecified atom stereocenters. The zero-order chi connectivity index (χ0) is 47.4. The van der Waals surface area contributed by atoms with Crippen molar-refractivity contribution in [3.63, 3.8) is 0 Å². The van der Waals surface area contributed by atoms with E-state index in [0.717, 1.165) is 36.5 Å². The van der Waals surface area contributed by atoms with Gasteiger partial charge in [-0.2, -0.15) is 0 Å². The van der Waals surface area contributed by atoms with Crippen LogP contribution in [0.2, 0.25) is 0 Å². The van der Waals surface area contributed by atoms with Crippen LogP contribution in [-0.4, -0.2) is 33.6 Å². The SMILES string of the molecule is CCCCCCCCCCCCCCCCSC(C)OOP(=O)(OOC(C)SCCCCCCCCCCCCCCCC)OOC(C)SCCCCCCCCCCCCCCCC. The van der Waals surface area contributed by atoms with E-state index in [4.69, 9.17) is 28.7 Å². The third kappa shape index (κ3) is 52.7. The van der Waals surface area contributed by atoms with Gasteiger partial charge in [0.1, 0.15) is 16.3 Å². The molecule has 0 aliphatic rings. The Hall–Kier alpha value is 1.04. The zero-order valence-electron chi connectivity index (χ0n) is 44.1. The van der Waals surface area contributed by atoms with E-state index in [1.807, 2.05) is 20.8 Å². The number of phosphoric acid groups is 1. The Kier molecular flexibility index (Phi) is 55.2. The average molecular weight is 1000 g/mol. The molecule has 11 heteroatoms. The molecule has 3 atom stereocenters. The number of hydrogen-bond donors (Lipinski definition) is 0. The molecule has 0 saturated heterocycles. The van der Waals surface area contributed by atoms with Crippen molar-refractivity contribution in [2.75, 3.05) is 17.3 Å². The molecule has 0 rings (SSSR count). The van der Waals surface area contributed by atoms with Crippen molar-refractivity contribution in [3.05, 3.63) is 0 Å². The zero-order valence-corrected chi connectivity index (χ0v) is 47.4. The first-order valence-electron chi connectivity index (χ1n) is 28.4. The maximum absolute atomic E-state index is 13.7. The van der Waals surface area contributed by atoms with Crippen LogP contribution in [0.25, 0.3) is 0 Å². The summed E-state index contributed by atoms with van der Waals surface area (Å²) in [5.41, 5.74) is -1.05. The van der Waals surface area contributed by atoms with Gasteiger partial charge < -0.3 is 0 Å². The molecule has 0 aromatic rings. The molecule has 0 radical (unpaired) electrons. The van der Waals surface area contributed by atoms with Crippen molar-refractivity contribution in [3.8, 4) is 0 Å². The summed E-state index contributed by atoms with van der Waals surface area (Å²) >= 11 is 4.91. The summed E-state index contributed by atoms with van der Waals surface area (Å²) in [4.78, 5) is 16.6. The van der Waals surface area contributed by atoms with Gasteiger partial charge in [-0.3, -0.25) is 0 Å². The predicted molar refractivity (Wildman–Crippen MR) is 291 cm³/mol. The Morgan fingerprint density at radius 2 is 0.431 bits per heavy atom. The molecule has 0 aliphatic heterocycles. The largest absolute Gasteiger partial charge is 0.556 e. The molecule has 392 valence electrons. The van der Waals surface area contributed by atoms with Gasteiger partial charge in [-0.1, -0.05) is 271 Å². The van der Waals surface area contributed by atoms with Gasteiger partial charge in [0, 0.05) is 0 Å². The highest BCUT2D eigenvalue weighted by Gasteiger charge is 2.35. The Labute approximate surface area is 418 Å². The van der Waals surface area contributed by atoms with E-state index in [2.05, 4.69) is 20.8 Å². The molecular formula is C54H111O7PS3. The van der Waals surface area contributed by atoms with E-state index in [1.54, 1.807) is 35.3 Å². The second-order valence-electron chi connectivity index (χ2n) is 19.1. The van der Waals surface area contributed by atoms with E-state index < -0.39 is 7.82 Å². The van der Waals surface area contributed by atoms with Crippen molar-refractivity contribution in [2.24, 2.45) is 0 Å². The average Bonchev–Trinajstić information content (AvgIpc) is 3.30. The Morgan fingerprint density at radius 1 is 0.277 bits per heavy atom. The maximum atomic E-state index is 13.7. The summed E-state index contributed by atoms with van der Waals surface area (Å²) in [6, 6.07) is 0. The topological polar surface area (TPSA) is 72.5 Å². The van der Waals surface area contributed by atoms with Crippen LogP contribution in [0, 0.1) is 0 Å². The summed E-state index contributed by atoms with van der Waals surface area (Å²) in [5, 5.41) is 0. The molecule has 0 fully saturated rings. The van der Waals surface area contributed by atoms with Crippen molar-refractivity contribution < 1.29 is 33.3 Å². The van der Waals surface area contributed by atoms with Crippen molar-refractivity contribution in [1.82, 2.24) is 0 Å². The minimum absolute atomic E-state index is 0.350. The smallest absolute Gasteiger partial charge is 0.220 e. The van der Waals surface area contributed by atoms with Crippen molar-refractivity contribution in [1.29, 1.82) is 0 Å². The molecule has 0 bridgehead atoms. The molecule has 0 aliphatic carbocycles. The number of rotatable bonds is 57. The third-order valence-electron chi connectivity index (χ3n) is 12.4. The summed E-state index contributed by atoms with van der Waals surface area (Å²) in [7, 11) is -4.31. The van der Waals surface area contributed by atoms with Gasteiger partial charge >= 0.3 is 7.82 Å². The van der Waals surface area contributed by atoms with Gasteiger partial charge in [0.15, 0.2) is 0 Å². The van der Waals surface area contributed by atoms with Gasteiger partial charge in [0.05, 0.1) is 0 Å². The molecule has 0 spiro atoms. The lowest BCUT2D eigenvalue weighted by Crippen LogP contribution is -2.12. The molecule has 0 aromatic carbocycles. The summed E-state index contributed by atoms with van der Waals surface area (Å²) in [5.74, 6) is 2.84. The Bertz CT molecular complexity index is 840. The van der Waals surface area contributed by atoms with Crippen LogP contribution in [0.4, 0.5) is 0 Å². The molecule has 0 N–H and O–H groups in total. The summed E-state index contributed by atoms with van der Waals surface area (Å²) in [6.45, 7) is 12.5. The van der Waals surface area contributed by atoms with Gasteiger partial charge in [-0.15, -0.1) is 49.3 Å².